The van der Waals surface area contributed by atoms with Gasteiger partial charge in [-0.2, -0.15) is 0 Å². The topological polar surface area (TPSA) is 9.23 Å². The maximum atomic E-state index is 11.8. The van der Waals surface area contributed by atoms with Crippen LogP contribution in [0.5, 0.6) is 5.75 Å². The van der Waals surface area contributed by atoms with Crippen molar-refractivity contribution in [2.24, 2.45) is 0 Å². The summed E-state index contributed by atoms with van der Waals surface area (Å²) in [6.45, 7) is -0.299. The standard InChI is InChI=1S/C9H11FO/c1-11-9-4-2-8(3-5-9)6-7-10/h2-5H,6-7H2,1H3. The van der Waals surface area contributed by atoms with Gasteiger partial charge in [0.05, 0.1) is 13.8 Å². The molecule has 60 valence electrons. The molecule has 0 atom stereocenters. The Labute approximate surface area is 65.8 Å². The van der Waals surface area contributed by atoms with Crippen LogP contribution in [-0.4, -0.2) is 13.8 Å². The van der Waals surface area contributed by atoms with Crippen molar-refractivity contribution in [3.8, 4) is 5.75 Å². The Morgan fingerprint density at radius 2 is 1.91 bits per heavy atom. The number of hydrogen-bond acceptors (Lipinski definition) is 1. The second kappa shape index (κ2) is 3.96. The van der Waals surface area contributed by atoms with Gasteiger partial charge in [-0.15, -0.1) is 0 Å². The van der Waals surface area contributed by atoms with Gasteiger partial charge in [-0.1, -0.05) is 12.1 Å². The fourth-order valence-corrected chi connectivity index (χ4v) is 0.901. The molecule has 0 saturated heterocycles. The zero-order valence-corrected chi connectivity index (χ0v) is 6.51. The van der Waals surface area contributed by atoms with E-state index in [9.17, 15) is 4.39 Å². The van der Waals surface area contributed by atoms with E-state index in [0.29, 0.717) is 6.42 Å². The predicted octanol–water partition coefficient (Wildman–Crippen LogP) is 2.21. The molecule has 0 unspecified atom stereocenters. The highest BCUT2D eigenvalue weighted by molar-refractivity contribution is 5.27. The van der Waals surface area contributed by atoms with Crippen molar-refractivity contribution in [1.29, 1.82) is 0 Å². The lowest BCUT2D eigenvalue weighted by Crippen LogP contribution is -1.87. The van der Waals surface area contributed by atoms with E-state index < -0.39 is 0 Å². The molecule has 0 aliphatic rings. The lowest BCUT2D eigenvalue weighted by Gasteiger charge is -2.00. The molecular formula is C9H11FO. The number of methoxy groups -OCH3 is 1. The van der Waals surface area contributed by atoms with Crippen LogP contribution in [-0.2, 0) is 6.42 Å². The van der Waals surface area contributed by atoms with Crippen LogP contribution in [0.3, 0.4) is 0 Å². The van der Waals surface area contributed by atoms with Crippen molar-refractivity contribution in [3.63, 3.8) is 0 Å². The molecule has 1 rings (SSSR count). The third-order valence-electron chi connectivity index (χ3n) is 1.54. The summed E-state index contributed by atoms with van der Waals surface area (Å²) in [5.74, 6) is 0.813. The molecule has 0 aliphatic carbocycles. The summed E-state index contributed by atoms with van der Waals surface area (Å²) < 4.78 is 16.8. The zero-order chi connectivity index (χ0) is 8.10. The van der Waals surface area contributed by atoms with Gasteiger partial charge in [0, 0.05) is 6.42 Å². The SMILES string of the molecule is COc1ccc(CCF)cc1. The van der Waals surface area contributed by atoms with Crippen molar-refractivity contribution in [2.75, 3.05) is 13.8 Å². The van der Waals surface area contributed by atoms with Crippen LogP contribution in [0.2, 0.25) is 0 Å². The number of ether oxygens (including phenoxy) is 1. The summed E-state index contributed by atoms with van der Waals surface area (Å²) in [6.07, 6.45) is 0.490. The highest BCUT2D eigenvalue weighted by atomic mass is 19.1. The van der Waals surface area contributed by atoms with Crippen molar-refractivity contribution in [2.45, 2.75) is 6.42 Å². The van der Waals surface area contributed by atoms with Crippen LogP contribution in [0.25, 0.3) is 0 Å². The van der Waals surface area contributed by atoms with Gasteiger partial charge < -0.3 is 4.74 Å². The molecule has 0 saturated carbocycles. The number of rotatable bonds is 3. The quantitative estimate of drug-likeness (QED) is 0.648. The normalized spacial score (nSPS) is 9.64. The smallest absolute Gasteiger partial charge is 0.118 e. The molecule has 0 N–H and O–H groups in total. The Balaban J connectivity index is 2.66. The summed E-state index contributed by atoms with van der Waals surface area (Å²) in [6, 6.07) is 7.42. The Kier molecular flexibility index (Phi) is 2.90. The maximum absolute atomic E-state index is 11.8. The summed E-state index contributed by atoms with van der Waals surface area (Å²) in [7, 11) is 1.62. The average Bonchev–Trinajstić information content (AvgIpc) is 2.07. The molecule has 0 fully saturated rings. The van der Waals surface area contributed by atoms with E-state index in [2.05, 4.69) is 0 Å². The van der Waals surface area contributed by atoms with Crippen molar-refractivity contribution in [1.82, 2.24) is 0 Å². The number of alkyl halides is 1. The van der Waals surface area contributed by atoms with E-state index in [1.807, 2.05) is 24.3 Å². The average molecular weight is 154 g/mol. The largest absolute Gasteiger partial charge is 0.497 e. The number of aryl methyl sites for hydroxylation is 1. The van der Waals surface area contributed by atoms with Gasteiger partial charge in [-0.05, 0) is 17.7 Å². The molecule has 0 spiro atoms. The van der Waals surface area contributed by atoms with Crippen LogP contribution in [0.1, 0.15) is 5.56 Å². The van der Waals surface area contributed by atoms with Gasteiger partial charge in [-0.25, -0.2) is 0 Å². The third kappa shape index (κ3) is 2.22. The first-order valence-electron chi connectivity index (χ1n) is 3.55. The van der Waals surface area contributed by atoms with E-state index in [-0.39, 0.29) is 6.67 Å². The van der Waals surface area contributed by atoms with Gasteiger partial charge in [0.25, 0.3) is 0 Å². The van der Waals surface area contributed by atoms with Crippen LogP contribution in [0.15, 0.2) is 24.3 Å². The molecule has 1 aromatic carbocycles. The summed E-state index contributed by atoms with van der Waals surface area (Å²) >= 11 is 0. The van der Waals surface area contributed by atoms with Crippen LogP contribution >= 0.6 is 0 Å². The van der Waals surface area contributed by atoms with E-state index in [1.54, 1.807) is 7.11 Å². The second-order valence-electron chi connectivity index (χ2n) is 2.29. The van der Waals surface area contributed by atoms with Gasteiger partial charge in [0.15, 0.2) is 0 Å². The molecule has 0 aliphatic heterocycles. The third-order valence-corrected chi connectivity index (χ3v) is 1.54. The lowest BCUT2D eigenvalue weighted by molar-refractivity contribution is 0.414. The van der Waals surface area contributed by atoms with Gasteiger partial charge >= 0.3 is 0 Å². The Bertz CT molecular complexity index is 205. The fraction of sp³-hybridized carbons (Fsp3) is 0.333. The monoisotopic (exact) mass is 154 g/mol. The first-order valence-corrected chi connectivity index (χ1v) is 3.55. The number of benzene rings is 1. The minimum Gasteiger partial charge on any atom is -0.497 e. The van der Waals surface area contributed by atoms with Crippen LogP contribution in [0, 0.1) is 0 Å². The molecule has 1 nitrogen and oxygen atoms in total. The fourth-order valence-electron chi connectivity index (χ4n) is 0.901. The minimum absolute atomic E-state index is 0.299. The van der Waals surface area contributed by atoms with E-state index in [1.165, 1.54) is 0 Å². The van der Waals surface area contributed by atoms with Crippen molar-refractivity contribution < 1.29 is 9.13 Å². The Hall–Kier alpha value is -1.05. The maximum Gasteiger partial charge on any atom is 0.118 e. The van der Waals surface area contributed by atoms with Crippen molar-refractivity contribution in [3.05, 3.63) is 29.8 Å². The predicted molar refractivity (Wildman–Crippen MR) is 42.7 cm³/mol. The lowest BCUT2D eigenvalue weighted by atomic mass is 10.2. The van der Waals surface area contributed by atoms with E-state index in [4.69, 9.17) is 4.74 Å². The summed E-state index contributed by atoms with van der Waals surface area (Å²) in [5, 5.41) is 0. The Morgan fingerprint density at radius 1 is 1.27 bits per heavy atom. The van der Waals surface area contributed by atoms with E-state index >= 15 is 0 Å². The van der Waals surface area contributed by atoms with E-state index in [0.717, 1.165) is 11.3 Å². The molecule has 0 amide bonds. The van der Waals surface area contributed by atoms with Crippen molar-refractivity contribution >= 4 is 0 Å². The number of halogens is 1. The summed E-state index contributed by atoms with van der Waals surface area (Å²) in [5.41, 5.74) is 1.01. The second-order valence-corrected chi connectivity index (χ2v) is 2.29. The van der Waals surface area contributed by atoms with Gasteiger partial charge in [0.1, 0.15) is 5.75 Å². The molecule has 0 heterocycles. The molecule has 0 aromatic heterocycles. The minimum atomic E-state index is -0.299. The van der Waals surface area contributed by atoms with Gasteiger partial charge in [-0.3, -0.25) is 4.39 Å². The van der Waals surface area contributed by atoms with Crippen LogP contribution in [0.4, 0.5) is 4.39 Å². The number of hydrogen-bond donors (Lipinski definition) is 0. The molecule has 0 radical (unpaired) electrons. The molecule has 2 heteroatoms. The van der Waals surface area contributed by atoms with Crippen LogP contribution < -0.4 is 4.74 Å². The molecule has 1 aromatic rings. The highest BCUT2D eigenvalue weighted by Gasteiger charge is 1.92. The molecular weight excluding hydrogens is 143 g/mol. The van der Waals surface area contributed by atoms with Gasteiger partial charge in [0.2, 0.25) is 0 Å². The highest BCUT2D eigenvalue weighted by Crippen LogP contribution is 2.11. The Morgan fingerprint density at radius 3 is 2.36 bits per heavy atom. The summed E-state index contributed by atoms with van der Waals surface area (Å²) in [4.78, 5) is 0. The molecule has 11 heavy (non-hydrogen) atoms. The molecule has 0 bridgehead atoms. The first-order chi connectivity index (χ1) is 5.36. The first kappa shape index (κ1) is 8.05. The zero-order valence-electron chi connectivity index (χ0n) is 6.51.